The number of aryl methyl sites for hydroxylation is 1. The topological polar surface area (TPSA) is 55.9 Å². The highest BCUT2D eigenvalue weighted by Crippen LogP contribution is 2.18. The predicted octanol–water partition coefficient (Wildman–Crippen LogP) is 2.49. The monoisotopic (exact) mass is 266 g/mol. The zero-order valence-electron chi connectivity index (χ0n) is 9.14. The zero-order valence-corrected chi connectivity index (χ0v) is 10.7. The van der Waals surface area contributed by atoms with E-state index >= 15 is 0 Å². The van der Waals surface area contributed by atoms with Crippen LogP contribution >= 0.6 is 23.8 Å². The molecule has 6 heteroatoms. The first kappa shape index (κ1) is 11.9. The van der Waals surface area contributed by atoms with Crippen molar-refractivity contribution >= 4 is 34.6 Å². The minimum absolute atomic E-state index is 0.241. The summed E-state index contributed by atoms with van der Waals surface area (Å²) in [4.78, 5) is 0. The van der Waals surface area contributed by atoms with E-state index in [4.69, 9.17) is 29.6 Å². The Morgan fingerprint density at radius 3 is 2.53 bits per heavy atom. The smallest absolute Gasteiger partial charge is 0.168 e. The summed E-state index contributed by atoms with van der Waals surface area (Å²) in [6, 6.07) is 9.31. The van der Waals surface area contributed by atoms with Gasteiger partial charge in [-0.25, -0.2) is 4.68 Å². The van der Waals surface area contributed by atoms with E-state index < -0.39 is 0 Å². The van der Waals surface area contributed by atoms with E-state index in [1.807, 2.05) is 37.3 Å². The Balaban J connectivity index is 2.29. The number of nitrogens with one attached hydrogen (secondary N) is 1. The summed E-state index contributed by atoms with van der Waals surface area (Å²) in [5.74, 6) is 0. The van der Waals surface area contributed by atoms with Crippen LogP contribution in [0.1, 0.15) is 5.69 Å². The van der Waals surface area contributed by atoms with Crippen LogP contribution in [-0.2, 0) is 0 Å². The minimum atomic E-state index is 0.241. The third kappa shape index (κ3) is 2.75. The number of rotatable bonds is 2. The second kappa shape index (κ2) is 4.73. The van der Waals surface area contributed by atoms with Gasteiger partial charge in [0.05, 0.1) is 11.4 Å². The van der Waals surface area contributed by atoms with Gasteiger partial charge in [0, 0.05) is 5.69 Å². The molecule has 0 radical (unpaired) electrons. The Labute approximate surface area is 109 Å². The van der Waals surface area contributed by atoms with Crippen LogP contribution < -0.4 is 11.1 Å². The molecule has 88 valence electrons. The highest BCUT2D eigenvalue weighted by Gasteiger charge is 2.04. The molecular weight excluding hydrogens is 256 g/mol. The van der Waals surface area contributed by atoms with E-state index in [2.05, 4.69) is 10.4 Å². The fourth-order valence-electron chi connectivity index (χ4n) is 1.48. The molecule has 1 aromatic heterocycles. The van der Waals surface area contributed by atoms with Crippen LogP contribution in [0.3, 0.4) is 0 Å². The number of anilines is 1. The molecule has 0 saturated carbocycles. The standard InChI is InChI=1S/C11H11ClN4S/c1-7-6-10(12)16(15-7)9-4-2-8(3-5-9)14-11(13)17/h2-6H,1H3,(H3,13,14,17). The molecule has 4 nitrogen and oxygen atoms in total. The Bertz CT molecular complexity index is 547. The summed E-state index contributed by atoms with van der Waals surface area (Å²) in [7, 11) is 0. The van der Waals surface area contributed by atoms with Gasteiger partial charge in [-0.05, 0) is 49.5 Å². The first-order valence-electron chi connectivity index (χ1n) is 4.95. The van der Waals surface area contributed by atoms with Gasteiger partial charge in [-0.3, -0.25) is 0 Å². The minimum Gasteiger partial charge on any atom is -0.376 e. The molecule has 0 spiro atoms. The van der Waals surface area contributed by atoms with Crippen molar-refractivity contribution in [2.24, 2.45) is 5.73 Å². The van der Waals surface area contributed by atoms with Crippen LogP contribution in [0.25, 0.3) is 5.69 Å². The Morgan fingerprint density at radius 1 is 1.41 bits per heavy atom. The SMILES string of the molecule is Cc1cc(Cl)n(-c2ccc(NC(N)=S)cc2)n1. The lowest BCUT2D eigenvalue weighted by molar-refractivity contribution is 0.863. The average molecular weight is 267 g/mol. The number of benzene rings is 1. The quantitative estimate of drug-likeness (QED) is 0.820. The van der Waals surface area contributed by atoms with E-state index in [-0.39, 0.29) is 5.11 Å². The van der Waals surface area contributed by atoms with E-state index in [0.717, 1.165) is 17.1 Å². The van der Waals surface area contributed by atoms with Crippen molar-refractivity contribution in [3.63, 3.8) is 0 Å². The van der Waals surface area contributed by atoms with Gasteiger partial charge in [0.2, 0.25) is 0 Å². The van der Waals surface area contributed by atoms with Gasteiger partial charge < -0.3 is 11.1 Å². The lowest BCUT2D eigenvalue weighted by Crippen LogP contribution is -2.18. The van der Waals surface area contributed by atoms with E-state index in [9.17, 15) is 0 Å². The van der Waals surface area contributed by atoms with Crippen molar-refractivity contribution in [2.45, 2.75) is 6.92 Å². The third-order valence-electron chi connectivity index (χ3n) is 2.17. The molecule has 0 fully saturated rings. The lowest BCUT2D eigenvalue weighted by Gasteiger charge is -2.06. The van der Waals surface area contributed by atoms with E-state index in [1.165, 1.54) is 0 Å². The van der Waals surface area contributed by atoms with Crippen molar-refractivity contribution < 1.29 is 0 Å². The van der Waals surface area contributed by atoms with Crippen LogP contribution in [0.4, 0.5) is 5.69 Å². The molecule has 0 aliphatic heterocycles. The fourth-order valence-corrected chi connectivity index (χ4v) is 1.89. The molecule has 0 aliphatic rings. The molecule has 2 aromatic rings. The summed E-state index contributed by atoms with van der Waals surface area (Å²) in [6.45, 7) is 1.89. The maximum Gasteiger partial charge on any atom is 0.168 e. The molecule has 0 atom stereocenters. The Morgan fingerprint density at radius 2 is 2.06 bits per heavy atom. The van der Waals surface area contributed by atoms with Crippen LogP contribution in [0, 0.1) is 6.92 Å². The zero-order chi connectivity index (χ0) is 12.4. The average Bonchev–Trinajstić information content (AvgIpc) is 2.58. The molecule has 17 heavy (non-hydrogen) atoms. The van der Waals surface area contributed by atoms with Crippen molar-refractivity contribution in [3.05, 3.63) is 41.2 Å². The molecule has 0 unspecified atom stereocenters. The first-order chi connectivity index (χ1) is 8.06. The molecule has 1 heterocycles. The summed E-state index contributed by atoms with van der Waals surface area (Å²) >= 11 is 10.8. The molecule has 0 bridgehead atoms. The second-order valence-electron chi connectivity index (χ2n) is 3.56. The van der Waals surface area contributed by atoms with Crippen LogP contribution in [0.5, 0.6) is 0 Å². The van der Waals surface area contributed by atoms with Crippen LogP contribution in [0.2, 0.25) is 5.15 Å². The fraction of sp³-hybridized carbons (Fsp3) is 0.0909. The maximum absolute atomic E-state index is 6.05. The highest BCUT2D eigenvalue weighted by atomic mass is 35.5. The largest absolute Gasteiger partial charge is 0.376 e. The van der Waals surface area contributed by atoms with Crippen LogP contribution in [0.15, 0.2) is 30.3 Å². The number of aromatic nitrogens is 2. The Kier molecular flexibility index (Phi) is 3.31. The van der Waals surface area contributed by atoms with Crippen molar-refractivity contribution in [1.82, 2.24) is 9.78 Å². The molecule has 0 amide bonds. The van der Waals surface area contributed by atoms with E-state index in [1.54, 1.807) is 4.68 Å². The number of nitrogens with two attached hydrogens (primary N) is 1. The van der Waals surface area contributed by atoms with Gasteiger partial charge in [-0.2, -0.15) is 5.10 Å². The van der Waals surface area contributed by atoms with Gasteiger partial charge in [0.15, 0.2) is 5.11 Å². The van der Waals surface area contributed by atoms with Crippen molar-refractivity contribution in [2.75, 3.05) is 5.32 Å². The van der Waals surface area contributed by atoms with Crippen molar-refractivity contribution in [1.29, 1.82) is 0 Å². The van der Waals surface area contributed by atoms with E-state index in [0.29, 0.717) is 5.15 Å². The number of hydrogen-bond donors (Lipinski definition) is 2. The predicted molar refractivity (Wildman–Crippen MR) is 73.7 cm³/mol. The highest BCUT2D eigenvalue weighted by molar-refractivity contribution is 7.80. The second-order valence-corrected chi connectivity index (χ2v) is 4.38. The van der Waals surface area contributed by atoms with Gasteiger partial charge in [-0.1, -0.05) is 11.6 Å². The molecule has 1 aromatic carbocycles. The van der Waals surface area contributed by atoms with Crippen LogP contribution in [-0.4, -0.2) is 14.9 Å². The number of hydrogen-bond acceptors (Lipinski definition) is 2. The molecule has 2 rings (SSSR count). The van der Waals surface area contributed by atoms with Gasteiger partial charge in [0.1, 0.15) is 5.15 Å². The first-order valence-corrected chi connectivity index (χ1v) is 5.74. The summed E-state index contributed by atoms with van der Waals surface area (Å²) < 4.78 is 1.67. The van der Waals surface area contributed by atoms with Gasteiger partial charge >= 0.3 is 0 Å². The normalized spacial score (nSPS) is 10.2. The number of nitrogens with zero attached hydrogens (tertiary/aromatic N) is 2. The molecular formula is C11H11ClN4S. The molecule has 3 N–H and O–H groups in total. The third-order valence-corrected chi connectivity index (χ3v) is 2.54. The molecule has 0 aliphatic carbocycles. The summed E-state index contributed by atoms with van der Waals surface area (Å²) in [6.07, 6.45) is 0. The number of thiocarbonyl (C=S) groups is 1. The number of halogens is 1. The van der Waals surface area contributed by atoms with Gasteiger partial charge in [0.25, 0.3) is 0 Å². The van der Waals surface area contributed by atoms with Crippen molar-refractivity contribution in [3.8, 4) is 5.69 Å². The summed E-state index contributed by atoms with van der Waals surface area (Å²) in [5, 5.41) is 7.96. The summed E-state index contributed by atoms with van der Waals surface area (Å²) in [5.41, 5.74) is 7.98. The molecule has 0 saturated heterocycles. The maximum atomic E-state index is 6.05. The van der Waals surface area contributed by atoms with Gasteiger partial charge in [-0.15, -0.1) is 0 Å². The lowest BCUT2D eigenvalue weighted by atomic mass is 10.3. The Hall–Kier alpha value is -1.59.